The molecule has 29 heavy (non-hydrogen) atoms. The summed E-state index contributed by atoms with van der Waals surface area (Å²) in [6, 6.07) is 23.3. The molecule has 150 valence electrons. The van der Waals surface area contributed by atoms with Gasteiger partial charge in [-0.05, 0) is 46.4 Å². The van der Waals surface area contributed by atoms with Crippen LogP contribution in [-0.2, 0) is 10.3 Å². The van der Waals surface area contributed by atoms with Crippen molar-refractivity contribution in [3.63, 3.8) is 0 Å². The number of hydrogen-bond acceptors (Lipinski definition) is 4. The minimum atomic E-state index is -0.960. The van der Waals surface area contributed by atoms with Crippen molar-refractivity contribution in [2.45, 2.75) is 17.9 Å². The first-order valence-electron chi connectivity index (χ1n) is 9.17. The topological polar surface area (TPSA) is 98.6 Å². The Kier molecular flexibility index (Phi) is 5.82. The number of primary amides is 1. The lowest BCUT2D eigenvalue weighted by Crippen LogP contribution is -2.44. The number of phenols is 1. The van der Waals surface area contributed by atoms with E-state index in [0.29, 0.717) is 6.42 Å². The van der Waals surface area contributed by atoms with Gasteiger partial charge in [-0.1, -0.05) is 60.7 Å². The maximum absolute atomic E-state index is 11.3. The van der Waals surface area contributed by atoms with Crippen LogP contribution in [0.1, 0.15) is 29.0 Å². The van der Waals surface area contributed by atoms with E-state index in [2.05, 4.69) is 24.3 Å². The molecule has 0 bridgehead atoms. The van der Waals surface area contributed by atoms with Gasteiger partial charge in [-0.2, -0.15) is 0 Å². The molecule has 0 radical (unpaired) electrons. The first-order chi connectivity index (χ1) is 13.5. The molecule has 3 aromatic carbocycles. The zero-order valence-corrected chi connectivity index (χ0v) is 16.6. The number of ether oxygens (including phenoxy) is 1. The molecule has 1 aliphatic carbocycles. The molecule has 3 aromatic rings. The average molecular weight is 411 g/mol. The number of hydrogen-bond donors (Lipinski definition) is 3. The number of aromatic hydroxyl groups is 1. The molecule has 0 fully saturated rings. The summed E-state index contributed by atoms with van der Waals surface area (Å²) in [7, 11) is 0. The van der Waals surface area contributed by atoms with Crippen LogP contribution < -0.4 is 11.5 Å². The Morgan fingerprint density at radius 2 is 1.45 bits per heavy atom. The zero-order valence-electron chi connectivity index (χ0n) is 15.7. The van der Waals surface area contributed by atoms with Crippen LogP contribution in [-0.4, -0.2) is 17.8 Å². The van der Waals surface area contributed by atoms with Crippen LogP contribution in [0.2, 0.25) is 0 Å². The molecule has 0 aromatic heterocycles. The molecule has 0 saturated carbocycles. The fourth-order valence-corrected chi connectivity index (χ4v) is 4.10. The number of halogens is 1. The second-order valence-corrected chi connectivity index (χ2v) is 7.24. The summed E-state index contributed by atoms with van der Waals surface area (Å²) in [6.45, 7) is -0.0477. The highest BCUT2D eigenvalue weighted by molar-refractivity contribution is 5.85. The highest BCUT2D eigenvalue weighted by Gasteiger charge is 2.37. The van der Waals surface area contributed by atoms with Crippen molar-refractivity contribution in [2.75, 3.05) is 6.61 Å². The smallest absolute Gasteiger partial charge is 0.404 e. The third-order valence-electron chi connectivity index (χ3n) is 5.45. The van der Waals surface area contributed by atoms with Gasteiger partial charge in [-0.25, -0.2) is 4.79 Å². The van der Waals surface area contributed by atoms with Crippen LogP contribution in [0.25, 0.3) is 11.1 Å². The second-order valence-electron chi connectivity index (χ2n) is 7.24. The minimum Gasteiger partial charge on any atom is -0.508 e. The van der Waals surface area contributed by atoms with Gasteiger partial charge in [0.1, 0.15) is 12.4 Å². The van der Waals surface area contributed by atoms with E-state index in [1.807, 2.05) is 24.3 Å². The third-order valence-corrected chi connectivity index (χ3v) is 5.45. The number of phenolic OH excluding ortho intramolecular Hbond substituents is 1. The molecule has 1 aliphatic rings. The molecule has 0 heterocycles. The van der Waals surface area contributed by atoms with Gasteiger partial charge in [0.05, 0.1) is 5.54 Å². The lowest BCUT2D eigenvalue weighted by Gasteiger charge is -2.32. The highest BCUT2D eigenvalue weighted by Crippen LogP contribution is 2.48. The highest BCUT2D eigenvalue weighted by atomic mass is 35.5. The van der Waals surface area contributed by atoms with Crippen LogP contribution in [0, 0.1) is 0 Å². The van der Waals surface area contributed by atoms with E-state index in [1.165, 1.54) is 22.3 Å². The first-order valence-corrected chi connectivity index (χ1v) is 9.17. The molecular weight excluding hydrogens is 388 g/mol. The molecule has 0 spiro atoms. The summed E-state index contributed by atoms with van der Waals surface area (Å²) < 4.78 is 5.13. The van der Waals surface area contributed by atoms with Crippen molar-refractivity contribution < 1.29 is 14.6 Å². The Bertz CT molecular complexity index is 977. The lowest BCUT2D eigenvalue weighted by atomic mass is 9.79. The van der Waals surface area contributed by atoms with Crippen molar-refractivity contribution in [1.82, 2.24) is 0 Å². The van der Waals surface area contributed by atoms with Gasteiger partial charge in [-0.15, -0.1) is 12.4 Å². The van der Waals surface area contributed by atoms with Crippen LogP contribution in [0.4, 0.5) is 4.79 Å². The Morgan fingerprint density at radius 1 is 0.931 bits per heavy atom. The summed E-state index contributed by atoms with van der Waals surface area (Å²) >= 11 is 0. The molecule has 0 saturated heterocycles. The largest absolute Gasteiger partial charge is 0.508 e. The number of rotatable bonds is 5. The number of benzene rings is 3. The molecule has 1 amide bonds. The predicted molar refractivity (Wildman–Crippen MR) is 115 cm³/mol. The first kappa shape index (κ1) is 20.7. The molecule has 0 unspecified atom stereocenters. The third kappa shape index (κ3) is 3.92. The molecule has 5 N–H and O–H groups in total. The zero-order chi connectivity index (χ0) is 19.7. The van der Waals surface area contributed by atoms with Gasteiger partial charge in [0, 0.05) is 5.92 Å². The summed E-state index contributed by atoms with van der Waals surface area (Å²) in [5.74, 6) is 0.209. The van der Waals surface area contributed by atoms with E-state index >= 15 is 0 Å². The molecule has 0 aliphatic heterocycles. The van der Waals surface area contributed by atoms with Crippen LogP contribution in [0.5, 0.6) is 5.75 Å². The van der Waals surface area contributed by atoms with Gasteiger partial charge in [0.2, 0.25) is 0 Å². The SMILES string of the molecule is Cl.NC(=O)OC[C@](N)(CC1c2ccccc2-c2ccccc21)c1ccc(O)cc1. The van der Waals surface area contributed by atoms with Gasteiger partial charge in [0.25, 0.3) is 0 Å². The van der Waals surface area contributed by atoms with Gasteiger partial charge < -0.3 is 21.3 Å². The monoisotopic (exact) mass is 410 g/mol. The second kappa shape index (κ2) is 8.15. The Hall–Kier alpha value is -3.02. The molecule has 1 atom stereocenters. The lowest BCUT2D eigenvalue weighted by molar-refractivity contribution is 0.119. The number of amides is 1. The Balaban J connectivity index is 0.00000240. The fraction of sp³-hybridized carbons (Fsp3) is 0.174. The summed E-state index contributed by atoms with van der Waals surface area (Å²) in [6.07, 6.45) is -0.333. The maximum Gasteiger partial charge on any atom is 0.404 e. The van der Waals surface area contributed by atoms with Crippen molar-refractivity contribution in [3.05, 3.63) is 89.5 Å². The summed E-state index contributed by atoms with van der Waals surface area (Å²) in [5.41, 5.74) is 16.6. The summed E-state index contributed by atoms with van der Waals surface area (Å²) in [4.78, 5) is 11.3. The summed E-state index contributed by atoms with van der Waals surface area (Å²) in [5, 5.41) is 9.64. The molecule has 4 rings (SSSR count). The van der Waals surface area contributed by atoms with Gasteiger partial charge in [-0.3, -0.25) is 0 Å². The normalized spacial score (nSPS) is 14.2. The van der Waals surface area contributed by atoms with Crippen molar-refractivity contribution in [1.29, 1.82) is 0 Å². The quantitative estimate of drug-likeness (QED) is 0.585. The van der Waals surface area contributed by atoms with Crippen molar-refractivity contribution >= 4 is 18.5 Å². The van der Waals surface area contributed by atoms with E-state index < -0.39 is 11.6 Å². The molecule has 5 nitrogen and oxygen atoms in total. The standard InChI is InChI=1S/C23H22N2O3.ClH/c24-22(27)28-14-23(25,15-9-11-16(26)12-10-15)13-21-19-7-3-1-5-17(19)18-6-2-4-8-20(18)21;/h1-12,21,26H,13-14,25H2,(H2,24,27);1H/t23-;/m1./s1. The van der Waals surface area contributed by atoms with Crippen molar-refractivity contribution in [3.8, 4) is 16.9 Å². The Morgan fingerprint density at radius 3 is 1.97 bits per heavy atom. The van der Waals surface area contributed by atoms with E-state index in [1.54, 1.807) is 24.3 Å². The van der Waals surface area contributed by atoms with Crippen LogP contribution in [0.15, 0.2) is 72.8 Å². The number of carbonyl (C=O) groups is 1. The maximum atomic E-state index is 11.3. The number of fused-ring (bicyclic) bond motifs is 3. The van der Waals surface area contributed by atoms with Crippen LogP contribution >= 0.6 is 12.4 Å². The number of nitrogens with two attached hydrogens (primary N) is 2. The van der Waals surface area contributed by atoms with Gasteiger partial charge in [0.15, 0.2) is 0 Å². The predicted octanol–water partition coefficient (Wildman–Crippen LogP) is 4.27. The molecule has 6 heteroatoms. The fourth-order valence-electron chi connectivity index (χ4n) is 4.10. The number of carbonyl (C=O) groups excluding carboxylic acids is 1. The van der Waals surface area contributed by atoms with E-state index in [0.717, 1.165) is 5.56 Å². The van der Waals surface area contributed by atoms with E-state index in [-0.39, 0.29) is 30.7 Å². The van der Waals surface area contributed by atoms with E-state index in [4.69, 9.17) is 16.2 Å². The average Bonchev–Trinajstić information content (AvgIpc) is 3.01. The Labute approximate surface area is 175 Å². The van der Waals surface area contributed by atoms with Gasteiger partial charge >= 0.3 is 6.09 Å². The van der Waals surface area contributed by atoms with Crippen molar-refractivity contribution in [2.24, 2.45) is 11.5 Å². The minimum absolute atomic E-state index is 0. The molecular formula is C23H23ClN2O3. The van der Waals surface area contributed by atoms with E-state index in [9.17, 15) is 9.90 Å². The van der Waals surface area contributed by atoms with Crippen LogP contribution in [0.3, 0.4) is 0 Å².